The third-order valence-electron chi connectivity index (χ3n) is 6.22. The van der Waals surface area contributed by atoms with Crippen LogP contribution in [-0.4, -0.2) is 63.3 Å². The van der Waals surface area contributed by atoms with E-state index < -0.39 is 33.4 Å². The SMILES string of the molecule is CCOc1cc([C@@H](CS(C)(=O)=O)N2C(=O)c3cccc(NC(=O)CCCCCCN)c3C2=O)ccc1OC. The van der Waals surface area contributed by atoms with Crippen molar-refractivity contribution in [2.24, 2.45) is 5.73 Å². The molecule has 0 aromatic heterocycles. The summed E-state index contributed by atoms with van der Waals surface area (Å²) in [6.07, 6.45) is 4.68. The maximum Gasteiger partial charge on any atom is 0.264 e. The first kappa shape index (κ1) is 29.1. The van der Waals surface area contributed by atoms with Crippen LogP contribution in [0.15, 0.2) is 36.4 Å². The zero-order valence-electron chi connectivity index (χ0n) is 22.0. The summed E-state index contributed by atoms with van der Waals surface area (Å²) in [5.74, 6) is -1.27. The Kier molecular flexibility index (Phi) is 9.87. The molecule has 2 aromatic carbocycles. The Hall–Kier alpha value is -3.44. The number of nitrogens with two attached hydrogens (primary N) is 1. The lowest BCUT2D eigenvalue weighted by atomic mass is 10.1. The summed E-state index contributed by atoms with van der Waals surface area (Å²) in [5, 5.41) is 2.75. The zero-order chi connectivity index (χ0) is 27.9. The van der Waals surface area contributed by atoms with Gasteiger partial charge in [0.25, 0.3) is 11.8 Å². The molecule has 2 aromatic rings. The maximum atomic E-state index is 13.7. The van der Waals surface area contributed by atoms with Crippen LogP contribution in [0.5, 0.6) is 11.5 Å². The number of carbonyl (C=O) groups excluding carboxylic acids is 3. The van der Waals surface area contributed by atoms with Gasteiger partial charge in [-0.15, -0.1) is 0 Å². The molecule has 11 heteroatoms. The third-order valence-corrected chi connectivity index (χ3v) is 7.14. The Labute approximate surface area is 223 Å². The third kappa shape index (κ3) is 6.90. The highest BCUT2D eigenvalue weighted by Crippen LogP contribution is 2.38. The number of benzene rings is 2. The fraction of sp³-hybridized carbons (Fsp3) is 0.444. The van der Waals surface area contributed by atoms with Gasteiger partial charge in [0, 0.05) is 12.7 Å². The highest BCUT2D eigenvalue weighted by atomic mass is 32.2. The van der Waals surface area contributed by atoms with Gasteiger partial charge in [0.1, 0.15) is 9.84 Å². The van der Waals surface area contributed by atoms with Gasteiger partial charge >= 0.3 is 0 Å². The van der Waals surface area contributed by atoms with Crippen LogP contribution in [0.4, 0.5) is 5.69 Å². The quantitative estimate of drug-likeness (QED) is 0.272. The topological polar surface area (TPSA) is 145 Å². The summed E-state index contributed by atoms with van der Waals surface area (Å²) in [6.45, 7) is 2.73. The normalized spacial score (nSPS) is 13.8. The number of nitrogens with zero attached hydrogens (tertiary/aromatic N) is 1. The number of amides is 3. The van der Waals surface area contributed by atoms with Crippen LogP contribution < -0.4 is 20.5 Å². The van der Waals surface area contributed by atoms with Crippen molar-refractivity contribution < 1.29 is 32.3 Å². The number of carbonyl (C=O) groups is 3. The summed E-state index contributed by atoms with van der Waals surface area (Å²) < 4.78 is 35.7. The molecule has 10 nitrogen and oxygen atoms in total. The molecule has 0 fully saturated rings. The van der Waals surface area contributed by atoms with Crippen LogP contribution in [0.25, 0.3) is 0 Å². The van der Waals surface area contributed by atoms with Gasteiger partial charge in [-0.25, -0.2) is 8.42 Å². The minimum Gasteiger partial charge on any atom is -0.493 e. The number of anilines is 1. The highest BCUT2D eigenvalue weighted by molar-refractivity contribution is 7.90. The first-order valence-electron chi connectivity index (χ1n) is 12.6. The molecular weight excluding hydrogens is 510 g/mol. The van der Waals surface area contributed by atoms with E-state index in [0.717, 1.165) is 30.4 Å². The van der Waals surface area contributed by atoms with Gasteiger partial charge in [0.05, 0.1) is 42.3 Å². The fourth-order valence-corrected chi connectivity index (χ4v) is 5.38. The average molecular weight is 546 g/mol. The maximum absolute atomic E-state index is 13.7. The van der Waals surface area contributed by atoms with E-state index in [1.165, 1.54) is 13.2 Å². The number of hydrogen-bond acceptors (Lipinski definition) is 8. The number of nitrogens with one attached hydrogen (secondary N) is 1. The van der Waals surface area contributed by atoms with Crippen LogP contribution in [0, 0.1) is 0 Å². The van der Waals surface area contributed by atoms with Crippen molar-refractivity contribution in [2.45, 2.75) is 45.1 Å². The summed E-state index contributed by atoms with van der Waals surface area (Å²) in [4.78, 5) is 40.7. The molecule has 1 aliphatic heterocycles. The number of imide groups is 1. The van der Waals surface area contributed by atoms with Crippen LogP contribution >= 0.6 is 0 Å². The average Bonchev–Trinajstić information content (AvgIpc) is 3.12. The number of rotatable bonds is 14. The highest BCUT2D eigenvalue weighted by Gasteiger charge is 2.43. The molecule has 0 saturated heterocycles. The molecule has 38 heavy (non-hydrogen) atoms. The summed E-state index contributed by atoms with van der Waals surface area (Å²) in [6, 6.07) is 8.31. The van der Waals surface area contributed by atoms with E-state index in [1.54, 1.807) is 37.3 Å². The Balaban J connectivity index is 1.93. The molecule has 206 valence electrons. The number of unbranched alkanes of at least 4 members (excludes halogenated alkanes) is 3. The van der Waals surface area contributed by atoms with Gasteiger partial charge in [0.2, 0.25) is 5.91 Å². The molecule has 0 unspecified atom stereocenters. The zero-order valence-corrected chi connectivity index (χ0v) is 22.8. The van der Waals surface area contributed by atoms with E-state index in [-0.39, 0.29) is 29.1 Å². The van der Waals surface area contributed by atoms with Gasteiger partial charge in [0.15, 0.2) is 11.5 Å². The van der Waals surface area contributed by atoms with Crippen LogP contribution in [-0.2, 0) is 14.6 Å². The standard InChI is InChI=1S/C27H35N3O7S/c1-4-37-23-16-18(13-14-22(23)36-2)21(17-38(3,34)35)30-26(32)19-10-9-11-20(25(19)27(30)33)29-24(31)12-7-5-6-8-15-28/h9-11,13-14,16,21H,4-8,12,15,17,28H2,1-3H3,(H,29,31)/t21-/m1/s1. The summed E-state index contributed by atoms with van der Waals surface area (Å²) >= 11 is 0. The first-order valence-corrected chi connectivity index (χ1v) is 14.7. The van der Waals surface area contributed by atoms with E-state index in [4.69, 9.17) is 15.2 Å². The molecule has 0 spiro atoms. The van der Waals surface area contributed by atoms with E-state index in [1.807, 2.05) is 0 Å². The van der Waals surface area contributed by atoms with Crippen LogP contribution in [0.1, 0.15) is 71.3 Å². The fourth-order valence-electron chi connectivity index (χ4n) is 4.46. The first-order chi connectivity index (χ1) is 18.1. The largest absolute Gasteiger partial charge is 0.493 e. The number of fused-ring (bicyclic) bond motifs is 1. The van der Waals surface area contributed by atoms with Gasteiger partial charge in [-0.1, -0.05) is 25.0 Å². The molecule has 0 bridgehead atoms. The van der Waals surface area contributed by atoms with Crippen LogP contribution in [0.2, 0.25) is 0 Å². The molecular formula is C27H35N3O7S. The van der Waals surface area contributed by atoms with E-state index in [0.29, 0.717) is 36.6 Å². The number of hydrogen-bond donors (Lipinski definition) is 2. The monoisotopic (exact) mass is 545 g/mol. The Morgan fingerprint density at radius 1 is 1.05 bits per heavy atom. The number of ether oxygens (including phenoxy) is 2. The lowest BCUT2D eigenvalue weighted by molar-refractivity contribution is -0.116. The molecule has 0 saturated carbocycles. The van der Waals surface area contributed by atoms with Crippen LogP contribution in [0.3, 0.4) is 0 Å². The predicted octanol–water partition coefficient (Wildman–Crippen LogP) is 3.32. The predicted molar refractivity (Wildman–Crippen MR) is 144 cm³/mol. The van der Waals surface area contributed by atoms with E-state index >= 15 is 0 Å². The number of methoxy groups -OCH3 is 1. The second kappa shape index (κ2) is 12.9. The van der Waals surface area contributed by atoms with Crippen molar-refractivity contribution in [3.63, 3.8) is 0 Å². The molecule has 0 radical (unpaired) electrons. The summed E-state index contributed by atoms with van der Waals surface area (Å²) in [5.41, 5.74) is 6.27. The molecule has 3 N–H and O–H groups in total. The van der Waals surface area contributed by atoms with Gasteiger partial charge < -0.3 is 20.5 Å². The molecule has 0 aliphatic carbocycles. The van der Waals surface area contributed by atoms with Crippen molar-refractivity contribution in [2.75, 3.05) is 37.6 Å². The summed E-state index contributed by atoms with van der Waals surface area (Å²) in [7, 11) is -2.15. The Bertz CT molecular complexity index is 1290. The van der Waals surface area contributed by atoms with Gasteiger partial charge in [-0.3, -0.25) is 19.3 Å². The van der Waals surface area contributed by atoms with Crippen molar-refractivity contribution in [1.29, 1.82) is 0 Å². The molecule has 1 atom stereocenters. The van der Waals surface area contributed by atoms with Gasteiger partial charge in [-0.2, -0.15) is 0 Å². The lowest BCUT2D eigenvalue weighted by Gasteiger charge is -2.27. The van der Waals surface area contributed by atoms with Crippen molar-refractivity contribution >= 4 is 33.2 Å². The number of sulfone groups is 1. The minimum absolute atomic E-state index is 0.0472. The van der Waals surface area contributed by atoms with Crippen molar-refractivity contribution in [3.8, 4) is 11.5 Å². The molecule has 3 amide bonds. The molecule has 3 rings (SSSR count). The van der Waals surface area contributed by atoms with Crippen molar-refractivity contribution in [1.82, 2.24) is 4.90 Å². The van der Waals surface area contributed by atoms with E-state index in [9.17, 15) is 22.8 Å². The molecule has 1 heterocycles. The lowest BCUT2D eigenvalue weighted by Crippen LogP contribution is -2.37. The van der Waals surface area contributed by atoms with Crippen molar-refractivity contribution in [3.05, 3.63) is 53.1 Å². The smallest absolute Gasteiger partial charge is 0.264 e. The second-order valence-electron chi connectivity index (χ2n) is 9.16. The Morgan fingerprint density at radius 3 is 2.45 bits per heavy atom. The molecule has 1 aliphatic rings. The second-order valence-corrected chi connectivity index (χ2v) is 11.3. The van der Waals surface area contributed by atoms with E-state index in [2.05, 4.69) is 5.32 Å². The minimum atomic E-state index is -3.63. The Morgan fingerprint density at radius 2 is 1.79 bits per heavy atom. The van der Waals surface area contributed by atoms with Gasteiger partial charge in [-0.05, 0) is 56.1 Å².